The van der Waals surface area contributed by atoms with Gasteiger partial charge in [-0.05, 0) is 19.4 Å². The van der Waals surface area contributed by atoms with Crippen molar-refractivity contribution < 1.29 is 4.79 Å². The summed E-state index contributed by atoms with van der Waals surface area (Å²) in [6.07, 6.45) is 0.250. The highest BCUT2D eigenvalue weighted by Gasteiger charge is 2.21. The quantitative estimate of drug-likeness (QED) is 0.797. The van der Waals surface area contributed by atoms with Crippen molar-refractivity contribution in [1.82, 2.24) is 5.32 Å². The van der Waals surface area contributed by atoms with Gasteiger partial charge in [-0.1, -0.05) is 30.3 Å². The zero-order chi connectivity index (χ0) is 13.6. The van der Waals surface area contributed by atoms with Gasteiger partial charge in [0.1, 0.15) is 0 Å². The molecule has 0 spiro atoms. The average Bonchev–Trinajstić information content (AvgIpc) is 2.29. The lowest BCUT2D eigenvalue weighted by Crippen LogP contribution is -2.44. The van der Waals surface area contributed by atoms with Gasteiger partial charge in [0, 0.05) is 18.5 Å². The highest BCUT2D eigenvalue weighted by molar-refractivity contribution is 5.75. The molecule has 0 bridgehead atoms. The summed E-state index contributed by atoms with van der Waals surface area (Å²) in [5, 5.41) is 12.4. The molecule has 1 amide bonds. The highest BCUT2D eigenvalue weighted by Crippen LogP contribution is 2.16. The number of nitriles is 1. The van der Waals surface area contributed by atoms with E-state index in [1.807, 2.05) is 44.2 Å². The first-order valence-corrected chi connectivity index (χ1v) is 5.92. The van der Waals surface area contributed by atoms with Crippen LogP contribution in [0.25, 0.3) is 0 Å². The number of hydrogen-bond acceptors (Lipinski definition) is 3. The van der Waals surface area contributed by atoms with E-state index in [0.29, 0.717) is 6.54 Å². The van der Waals surface area contributed by atoms with Crippen LogP contribution >= 0.6 is 0 Å². The molecule has 0 aliphatic carbocycles. The third-order valence-corrected chi connectivity index (χ3v) is 2.76. The van der Waals surface area contributed by atoms with Crippen molar-refractivity contribution in [3.8, 4) is 6.07 Å². The maximum Gasteiger partial charge on any atom is 0.219 e. The molecule has 0 saturated heterocycles. The van der Waals surface area contributed by atoms with E-state index in [9.17, 15) is 10.1 Å². The van der Waals surface area contributed by atoms with Gasteiger partial charge in [0.05, 0.1) is 12.0 Å². The van der Waals surface area contributed by atoms with Gasteiger partial charge in [-0.3, -0.25) is 4.79 Å². The lowest BCUT2D eigenvalue weighted by atomic mass is 9.96. The Morgan fingerprint density at radius 1 is 1.44 bits per heavy atom. The minimum absolute atomic E-state index is 0.224. The lowest BCUT2D eigenvalue weighted by Gasteiger charge is -2.26. The van der Waals surface area contributed by atoms with E-state index in [4.69, 9.17) is 5.73 Å². The first kappa shape index (κ1) is 14.2. The summed E-state index contributed by atoms with van der Waals surface area (Å²) in [4.78, 5) is 10.9. The van der Waals surface area contributed by atoms with E-state index >= 15 is 0 Å². The number of primary amides is 1. The Morgan fingerprint density at radius 2 is 2.06 bits per heavy atom. The number of carbonyl (C=O) groups is 1. The van der Waals surface area contributed by atoms with Gasteiger partial charge < -0.3 is 11.1 Å². The van der Waals surface area contributed by atoms with E-state index in [-0.39, 0.29) is 18.2 Å². The second-order valence-corrected chi connectivity index (χ2v) is 5.00. The monoisotopic (exact) mass is 245 g/mol. The zero-order valence-electron chi connectivity index (χ0n) is 10.8. The summed E-state index contributed by atoms with van der Waals surface area (Å²) in [5.74, 6) is -0.570. The molecular formula is C14H19N3O. The number of benzene rings is 1. The molecule has 4 nitrogen and oxygen atoms in total. The maximum absolute atomic E-state index is 10.9. The first-order chi connectivity index (χ1) is 8.44. The maximum atomic E-state index is 10.9. The Balaban J connectivity index is 2.61. The number of nitrogens with one attached hydrogen (secondary N) is 1. The molecule has 1 aromatic rings. The Morgan fingerprint density at radius 3 is 2.56 bits per heavy atom. The topological polar surface area (TPSA) is 78.9 Å². The van der Waals surface area contributed by atoms with Crippen molar-refractivity contribution in [2.45, 2.75) is 31.7 Å². The van der Waals surface area contributed by atoms with Gasteiger partial charge in [0.2, 0.25) is 5.91 Å². The third-order valence-electron chi connectivity index (χ3n) is 2.76. The van der Waals surface area contributed by atoms with Crippen molar-refractivity contribution in [2.75, 3.05) is 6.54 Å². The SMILES string of the molecule is CC(C)(CC(N)=O)NCC(C#N)c1ccccc1. The van der Waals surface area contributed by atoms with Crippen LogP contribution in [0.2, 0.25) is 0 Å². The molecule has 0 fully saturated rings. The molecule has 1 rings (SSSR count). The summed E-state index contributed by atoms with van der Waals surface area (Å²) in [7, 11) is 0. The normalized spacial score (nSPS) is 12.7. The van der Waals surface area contributed by atoms with Gasteiger partial charge in [-0.25, -0.2) is 0 Å². The highest BCUT2D eigenvalue weighted by atomic mass is 16.1. The molecule has 0 saturated carbocycles. The fraction of sp³-hybridized carbons (Fsp3) is 0.429. The average molecular weight is 245 g/mol. The number of carbonyl (C=O) groups excluding carboxylic acids is 1. The molecule has 18 heavy (non-hydrogen) atoms. The fourth-order valence-electron chi connectivity index (χ4n) is 1.80. The molecule has 1 aromatic carbocycles. The summed E-state index contributed by atoms with van der Waals surface area (Å²) in [5.41, 5.74) is 5.77. The van der Waals surface area contributed by atoms with Gasteiger partial charge in [-0.2, -0.15) is 5.26 Å². The molecular weight excluding hydrogens is 226 g/mol. The van der Waals surface area contributed by atoms with Crippen molar-refractivity contribution in [2.24, 2.45) is 5.73 Å². The van der Waals surface area contributed by atoms with E-state index in [1.165, 1.54) is 0 Å². The van der Waals surface area contributed by atoms with E-state index < -0.39 is 5.54 Å². The smallest absolute Gasteiger partial charge is 0.219 e. The summed E-state index contributed by atoms with van der Waals surface area (Å²) >= 11 is 0. The lowest BCUT2D eigenvalue weighted by molar-refractivity contribution is -0.119. The fourth-order valence-corrected chi connectivity index (χ4v) is 1.80. The van der Waals surface area contributed by atoms with Crippen LogP contribution in [0.5, 0.6) is 0 Å². The van der Waals surface area contributed by atoms with Gasteiger partial charge in [-0.15, -0.1) is 0 Å². The zero-order valence-corrected chi connectivity index (χ0v) is 10.8. The van der Waals surface area contributed by atoms with Crippen LogP contribution in [0, 0.1) is 11.3 Å². The van der Waals surface area contributed by atoms with Crippen LogP contribution in [0.1, 0.15) is 31.7 Å². The molecule has 0 radical (unpaired) electrons. The third kappa shape index (κ3) is 4.56. The number of nitrogens with zero attached hydrogens (tertiary/aromatic N) is 1. The molecule has 0 heterocycles. The van der Waals surface area contributed by atoms with E-state index in [2.05, 4.69) is 11.4 Å². The van der Waals surface area contributed by atoms with Crippen LogP contribution in [0.4, 0.5) is 0 Å². The predicted molar refractivity (Wildman–Crippen MR) is 70.7 cm³/mol. The van der Waals surface area contributed by atoms with Crippen molar-refractivity contribution >= 4 is 5.91 Å². The number of nitrogens with two attached hydrogens (primary N) is 1. The number of rotatable bonds is 6. The van der Waals surface area contributed by atoms with Gasteiger partial charge in [0.25, 0.3) is 0 Å². The van der Waals surface area contributed by atoms with Crippen molar-refractivity contribution in [1.29, 1.82) is 5.26 Å². The summed E-state index contributed by atoms with van der Waals surface area (Å²) in [6.45, 7) is 4.30. The molecule has 0 aliphatic heterocycles. The predicted octanol–water partition coefficient (Wildman–Crippen LogP) is 1.54. The number of amides is 1. The summed E-state index contributed by atoms with van der Waals surface area (Å²) in [6, 6.07) is 11.9. The van der Waals surface area contributed by atoms with E-state index in [0.717, 1.165) is 5.56 Å². The standard InChI is InChI=1S/C14H19N3O/c1-14(2,8-13(16)18)17-10-12(9-15)11-6-4-3-5-7-11/h3-7,12,17H,8,10H2,1-2H3,(H2,16,18). The van der Waals surface area contributed by atoms with Crippen LogP contribution < -0.4 is 11.1 Å². The van der Waals surface area contributed by atoms with Crippen molar-refractivity contribution in [3.05, 3.63) is 35.9 Å². The molecule has 0 aromatic heterocycles. The Labute approximate surface area is 108 Å². The number of hydrogen-bond donors (Lipinski definition) is 2. The molecule has 1 atom stereocenters. The van der Waals surface area contributed by atoms with Gasteiger partial charge >= 0.3 is 0 Å². The van der Waals surface area contributed by atoms with Crippen LogP contribution in [0.3, 0.4) is 0 Å². The molecule has 4 heteroatoms. The largest absolute Gasteiger partial charge is 0.370 e. The molecule has 1 unspecified atom stereocenters. The summed E-state index contributed by atoms with van der Waals surface area (Å²) < 4.78 is 0. The minimum atomic E-state index is -0.393. The minimum Gasteiger partial charge on any atom is -0.370 e. The van der Waals surface area contributed by atoms with Crippen molar-refractivity contribution in [3.63, 3.8) is 0 Å². The van der Waals surface area contributed by atoms with Gasteiger partial charge in [0.15, 0.2) is 0 Å². The Hall–Kier alpha value is -1.86. The second kappa shape index (κ2) is 6.18. The first-order valence-electron chi connectivity index (χ1n) is 5.92. The molecule has 96 valence electrons. The molecule has 0 aliphatic rings. The van der Waals surface area contributed by atoms with Crippen LogP contribution in [-0.4, -0.2) is 18.0 Å². The van der Waals surface area contributed by atoms with E-state index in [1.54, 1.807) is 0 Å². The van der Waals surface area contributed by atoms with Crippen LogP contribution in [0.15, 0.2) is 30.3 Å². The van der Waals surface area contributed by atoms with Crippen LogP contribution in [-0.2, 0) is 4.79 Å². The molecule has 3 N–H and O–H groups in total. The second-order valence-electron chi connectivity index (χ2n) is 5.00. The Kier molecular flexibility index (Phi) is 4.87. The Bertz CT molecular complexity index is 434.